The number of nitrogens with one attached hydrogen (secondary N) is 1. The van der Waals surface area contributed by atoms with Crippen LogP contribution in [0.5, 0.6) is 0 Å². The van der Waals surface area contributed by atoms with Crippen LogP contribution >= 0.6 is 0 Å². The lowest BCUT2D eigenvalue weighted by atomic mass is 10.2. The number of nitrogens with zero attached hydrogens (tertiary/aromatic N) is 2. The molecule has 9 heteroatoms. The van der Waals surface area contributed by atoms with E-state index in [9.17, 15) is 16.8 Å². The number of hydrogen-bond donors (Lipinski definition) is 1. The third-order valence-electron chi connectivity index (χ3n) is 2.34. The van der Waals surface area contributed by atoms with Gasteiger partial charge in [0.1, 0.15) is 0 Å². The Morgan fingerprint density at radius 2 is 1.90 bits per heavy atom. The van der Waals surface area contributed by atoms with Gasteiger partial charge in [-0.2, -0.15) is 5.26 Å². The minimum absolute atomic E-state index is 0.0529. The van der Waals surface area contributed by atoms with Crippen LogP contribution < -0.4 is 9.03 Å². The molecule has 1 N–H and O–H groups in total. The molecule has 110 valence electrons. The van der Waals surface area contributed by atoms with E-state index in [2.05, 4.69) is 4.72 Å². The van der Waals surface area contributed by atoms with Gasteiger partial charge in [0.2, 0.25) is 20.0 Å². The predicted octanol–water partition coefficient (Wildman–Crippen LogP) is -0.127. The van der Waals surface area contributed by atoms with Crippen LogP contribution in [-0.4, -0.2) is 42.4 Å². The van der Waals surface area contributed by atoms with Gasteiger partial charge in [-0.05, 0) is 18.2 Å². The maximum Gasteiger partial charge on any atom is 0.232 e. The standard InChI is InChI=1S/C11H15N3O4S2/c1-19(15,16)13-6-7-14(20(2,17)18)11-5-3-4-10(8-11)9-12/h3-5,8,13H,6-7H2,1-2H3. The van der Waals surface area contributed by atoms with Crippen molar-refractivity contribution in [2.45, 2.75) is 0 Å². The summed E-state index contributed by atoms with van der Waals surface area (Å²) in [4.78, 5) is 0. The minimum Gasteiger partial charge on any atom is -0.269 e. The number of hydrogen-bond acceptors (Lipinski definition) is 5. The van der Waals surface area contributed by atoms with Crippen molar-refractivity contribution in [3.05, 3.63) is 29.8 Å². The Labute approximate surface area is 118 Å². The Bertz CT molecular complexity index is 720. The van der Waals surface area contributed by atoms with Gasteiger partial charge in [0.25, 0.3) is 0 Å². The van der Waals surface area contributed by atoms with Crippen LogP contribution in [0.25, 0.3) is 0 Å². The molecule has 0 atom stereocenters. The highest BCUT2D eigenvalue weighted by atomic mass is 32.2. The Morgan fingerprint density at radius 1 is 1.25 bits per heavy atom. The Balaban J connectivity index is 2.99. The Morgan fingerprint density at radius 3 is 2.40 bits per heavy atom. The summed E-state index contributed by atoms with van der Waals surface area (Å²) < 4.78 is 48.7. The average Bonchev–Trinajstić information content (AvgIpc) is 2.32. The van der Waals surface area contributed by atoms with Crippen LogP contribution in [0.15, 0.2) is 24.3 Å². The maximum absolute atomic E-state index is 11.8. The molecule has 0 aliphatic carbocycles. The molecule has 0 fully saturated rings. The molecule has 1 aromatic carbocycles. The van der Waals surface area contributed by atoms with E-state index in [1.165, 1.54) is 6.07 Å². The van der Waals surface area contributed by atoms with Gasteiger partial charge in [-0.1, -0.05) is 6.07 Å². The van der Waals surface area contributed by atoms with Crippen molar-refractivity contribution in [2.24, 2.45) is 0 Å². The lowest BCUT2D eigenvalue weighted by molar-refractivity contribution is 0.583. The normalized spacial score (nSPS) is 11.8. The molecule has 0 aromatic heterocycles. The van der Waals surface area contributed by atoms with Gasteiger partial charge < -0.3 is 0 Å². The Hall–Kier alpha value is -1.63. The summed E-state index contributed by atoms with van der Waals surface area (Å²) in [6, 6.07) is 8.02. The third-order valence-corrected chi connectivity index (χ3v) is 4.27. The predicted molar refractivity (Wildman–Crippen MR) is 76.2 cm³/mol. The smallest absolute Gasteiger partial charge is 0.232 e. The van der Waals surface area contributed by atoms with Crippen molar-refractivity contribution in [1.82, 2.24) is 4.72 Å². The van der Waals surface area contributed by atoms with Crippen molar-refractivity contribution in [3.63, 3.8) is 0 Å². The molecule has 0 bridgehead atoms. The van der Waals surface area contributed by atoms with E-state index in [1.807, 2.05) is 6.07 Å². The molecule has 0 heterocycles. The van der Waals surface area contributed by atoms with Gasteiger partial charge in [-0.25, -0.2) is 21.6 Å². The minimum atomic E-state index is -3.57. The molecule has 0 radical (unpaired) electrons. The zero-order chi connectivity index (χ0) is 15.4. The quantitative estimate of drug-likeness (QED) is 0.786. The number of anilines is 1. The molecule has 0 unspecified atom stereocenters. The summed E-state index contributed by atoms with van der Waals surface area (Å²) in [7, 11) is -6.96. The van der Waals surface area contributed by atoms with Gasteiger partial charge in [0.05, 0.1) is 29.8 Å². The highest BCUT2D eigenvalue weighted by molar-refractivity contribution is 7.92. The van der Waals surface area contributed by atoms with E-state index in [0.29, 0.717) is 11.3 Å². The van der Waals surface area contributed by atoms with Crippen LogP contribution in [0.3, 0.4) is 0 Å². The summed E-state index contributed by atoms with van der Waals surface area (Å²) in [5.74, 6) is 0. The number of rotatable bonds is 6. The van der Waals surface area contributed by atoms with E-state index in [1.54, 1.807) is 18.2 Å². The third kappa shape index (κ3) is 5.16. The van der Waals surface area contributed by atoms with Crippen LogP contribution in [0.1, 0.15) is 5.56 Å². The van der Waals surface area contributed by atoms with E-state index in [0.717, 1.165) is 16.8 Å². The van der Waals surface area contributed by atoms with Gasteiger partial charge >= 0.3 is 0 Å². The van der Waals surface area contributed by atoms with Crippen molar-refractivity contribution >= 4 is 25.7 Å². The second kappa shape index (κ2) is 6.21. The van der Waals surface area contributed by atoms with E-state index in [-0.39, 0.29) is 13.1 Å². The second-order valence-corrected chi connectivity index (χ2v) is 7.90. The molecular formula is C11H15N3O4S2. The largest absolute Gasteiger partial charge is 0.269 e. The first-order valence-electron chi connectivity index (χ1n) is 5.56. The first-order chi connectivity index (χ1) is 9.13. The number of sulfonamides is 2. The molecule has 0 amide bonds. The summed E-state index contributed by atoms with van der Waals surface area (Å²) >= 11 is 0. The molecule has 0 aliphatic heterocycles. The summed E-state index contributed by atoms with van der Waals surface area (Å²) in [6.45, 7) is -0.108. The molecule has 1 rings (SSSR count). The fraction of sp³-hybridized carbons (Fsp3) is 0.364. The van der Waals surface area contributed by atoms with E-state index in [4.69, 9.17) is 5.26 Å². The zero-order valence-corrected chi connectivity index (χ0v) is 12.7. The van der Waals surface area contributed by atoms with Crippen molar-refractivity contribution in [2.75, 3.05) is 29.9 Å². The fourth-order valence-corrected chi connectivity index (χ4v) is 2.93. The zero-order valence-electron chi connectivity index (χ0n) is 11.1. The van der Waals surface area contributed by atoms with E-state index < -0.39 is 20.0 Å². The molecule has 0 aliphatic rings. The first kappa shape index (κ1) is 16.4. The van der Waals surface area contributed by atoms with Gasteiger partial charge in [-0.15, -0.1) is 0 Å². The molecule has 20 heavy (non-hydrogen) atoms. The van der Waals surface area contributed by atoms with Crippen LogP contribution in [0.2, 0.25) is 0 Å². The SMILES string of the molecule is CS(=O)(=O)NCCN(c1cccc(C#N)c1)S(C)(=O)=O. The Kier molecular flexibility index (Phi) is 5.10. The van der Waals surface area contributed by atoms with Crippen molar-refractivity contribution < 1.29 is 16.8 Å². The number of benzene rings is 1. The van der Waals surface area contributed by atoms with E-state index >= 15 is 0 Å². The lowest BCUT2D eigenvalue weighted by Crippen LogP contribution is -2.37. The molecule has 0 saturated heterocycles. The fourth-order valence-electron chi connectivity index (χ4n) is 1.55. The van der Waals surface area contributed by atoms with Gasteiger partial charge in [0, 0.05) is 13.1 Å². The molecule has 1 aromatic rings. The summed E-state index contributed by atoms with van der Waals surface area (Å²) in [5.41, 5.74) is 0.647. The van der Waals surface area contributed by atoms with Gasteiger partial charge in [-0.3, -0.25) is 4.31 Å². The molecule has 7 nitrogen and oxygen atoms in total. The van der Waals surface area contributed by atoms with Crippen molar-refractivity contribution in [1.29, 1.82) is 5.26 Å². The van der Waals surface area contributed by atoms with Crippen LogP contribution in [-0.2, 0) is 20.0 Å². The van der Waals surface area contributed by atoms with Gasteiger partial charge in [0.15, 0.2) is 0 Å². The topological polar surface area (TPSA) is 107 Å². The first-order valence-corrected chi connectivity index (χ1v) is 9.30. The number of nitriles is 1. The molecular weight excluding hydrogens is 302 g/mol. The monoisotopic (exact) mass is 317 g/mol. The second-order valence-electron chi connectivity index (χ2n) is 4.16. The van der Waals surface area contributed by atoms with Crippen LogP contribution in [0.4, 0.5) is 5.69 Å². The summed E-state index contributed by atoms with van der Waals surface area (Å²) in [6.07, 6.45) is 2.01. The summed E-state index contributed by atoms with van der Waals surface area (Å²) in [5, 5.41) is 8.82. The van der Waals surface area contributed by atoms with Crippen LogP contribution in [0, 0.1) is 11.3 Å². The average molecular weight is 317 g/mol. The highest BCUT2D eigenvalue weighted by Gasteiger charge is 2.17. The maximum atomic E-state index is 11.8. The lowest BCUT2D eigenvalue weighted by Gasteiger charge is -2.22. The molecule has 0 saturated carbocycles. The van der Waals surface area contributed by atoms with Crippen molar-refractivity contribution in [3.8, 4) is 6.07 Å². The highest BCUT2D eigenvalue weighted by Crippen LogP contribution is 2.18. The molecule has 0 spiro atoms.